The molecule has 2 N–H and O–H groups in total. The number of ether oxygens (including phenoxy) is 2. The van der Waals surface area contributed by atoms with E-state index in [-0.39, 0.29) is 35.0 Å². The number of methoxy groups -OCH3 is 2. The second kappa shape index (κ2) is 8.38. The summed E-state index contributed by atoms with van der Waals surface area (Å²) < 4.78 is 10.9. The first-order chi connectivity index (χ1) is 10.9. The normalized spacial score (nSPS) is 25.2. The number of halogens is 1. The highest BCUT2D eigenvalue weighted by atomic mass is 127. The quantitative estimate of drug-likeness (QED) is 0.414. The first kappa shape index (κ1) is 21.0. The lowest BCUT2D eigenvalue weighted by atomic mass is 9.56. The molecule has 1 aliphatic carbocycles. The van der Waals surface area contributed by atoms with Crippen molar-refractivity contribution in [2.75, 3.05) is 21.3 Å². The van der Waals surface area contributed by atoms with E-state index in [0.717, 1.165) is 23.7 Å². The molecule has 0 saturated heterocycles. The lowest BCUT2D eigenvalue weighted by molar-refractivity contribution is -0.176. The van der Waals surface area contributed by atoms with Gasteiger partial charge in [-0.1, -0.05) is 26.0 Å². The molecule has 1 aromatic carbocycles. The minimum absolute atomic E-state index is 0. The average Bonchev–Trinajstić information content (AvgIpc) is 2.57. The van der Waals surface area contributed by atoms with Crippen molar-refractivity contribution in [2.24, 2.45) is 10.4 Å². The Labute approximate surface area is 162 Å². The van der Waals surface area contributed by atoms with Gasteiger partial charge in [0.2, 0.25) is 0 Å². The van der Waals surface area contributed by atoms with Crippen molar-refractivity contribution in [3.05, 3.63) is 29.8 Å². The van der Waals surface area contributed by atoms with Crippen LogP contribution in [0.15, 0.2) is 29.3 Å². The zero-order chi connectivity index (χ0) is 17.1. The lowest BCUT2D eigenvalue weighted by Gasteiger charge is -2.59. The van der Waals surface area contributed by atoms with Crippen molar-refractivity contribution in [2.45, 2.75) is 45.4 Å². The minimum atomic E-state index is -0.0870. The molecular weight excluding hydrogens is 417 g/mol. The summed E-state index contributed by atoms with van der Waals surface area (Å²) in [4.78, 5) is 4.33. The fourth-order valence-electron chi connectivity index (χ4n) is 3.05. The van der Waals surface area contributed by atoms with Crippen molar-refractivity contribution >= 4 is 29.9 Å². The standard InChI is InChI=1S/C18H29N3O2.HI/c1-17(2)15(11-18(17,3)23-6)21-16(19-4)20-12-13-8-7-9-14(10-13)22-5;/h7-10,15H,11-12H2,1-6H3,(H2,19,20,21);1H. The molecule has 1 fully saturated rings. The van der Waals surface area contributed by atoms with Gasteiger partial charge in [-0.05, 0) is 31.0 Å². The van der Waals surface area contributed by atoms with E-state index < -0.39 is 0 Å². The van der Waals surface area contributed by atoms with E-state index in [0.29, 0.717) is 12.6 Å². The molecule has 24 heavy (non-hydrogen) atoms. The molecule has 0 bridgehead atoms. The predicted octanol–water partition coefficient (Wildman–Crippen LogP) is 3.18. The van der Waals surface area contributed by atoms with Crippen LogP contribution in [0.2, 0.25) is 0 Å². The van der Waals surface area contributed by atoms with Crippen molar-refractivity contribution in [1.29, 1.82) is 0 Å². The maximum Gasteiger partial charge on any atom is 0.191 e. The van der Waals surface area contributed by atoms with Gasteiger partial charge in [0.25, 0.3) is 0 Å². The Morgan fingerprint density at radius 1 is 1.29 bits per heavy atom. The number of nitrogens with zero attached hydrogens (tertiary/aromatic N) is 1. The lowest BCUT2D eigenvalue weighted by Crippen LogP contribution is -2.69. The van der Waals surface area contributed by atoms with Gasteiger partial charge in [0.15, 0.2) is 5.96 Å². The minimum Gasteiger partial charge on any atom is -0.497 e. The Morgan fingerprint density at radius 3 is 2.54 bits per heavy atom. The molecule has 5 nitrogen and oxygen atoms in total. The summed E-state index contributed by atoms with van der Waals surface area (Å²) in [6, 6.07) is 8.36. The summed E-state index contributed by atoms with van der Waals surface area (Å²) in [6.45, 7) is 7.32. The molecule has 0 heterocycles. The molecule has 1 aliphatic rings. The smallest absolute Gasteiger partial charge is 0.191 e. The van der Waals surface area contributed by atoms with Crippen LogP contribution < -0.4 is 15.4 Å². The van der Waals surface area contributed by atoms with Gasteiger partial charge in [0.05, 0.1) is 12.7 Å². The van der Waals surface area contributed by atoms with E-state index in [1.165, 1.54) is 0 Å². The van der Waals surface area contributed by atoms with E-state index >= 15 is 0 Å². The van der Waals surface area contributed by atoms with Gasteiger partial charge in [-0.25, -0.2) is 0 Å². The summed E-state index contributed by atoms with van der Waals surface area (Å²) in [5, 5.41) is 6.87. The molecule has 0 radical (unpaired) electrons. The second-order valence-electron chi connectivity index (χ2n) is 6.84. The number of benzene rings is 1. The first-order valence-electron chi connectivity index (χ1n) is 8.01. The largest absolute Gasteiger partial charge is 0.497 e. The van der Waals surface area contributed by atoms with Crippen LogP contribution in [-0.4, -0.2) is 38.9 Å². The van der Waals surface area contributed by atoms with Crippen LogP contribution in [0.25, 0.3) is 0 Å². The van der Waals surface area contributed by atoms with Crippen LogP contribution in [-0.2, 0) is 11.3 Å². The Bertz CT molecular complexity index is 577. The molecule has 0 spiro atoms. The molecule has 2 unspecified atom stereocenters. The molecule has 2 rings (SSSR count). The van der Waals surface area contributed by atoms with Gasteiger partial charge in [0, 0.05) is 32.2 Å². The van der Waals surface area contributed by atoms with Gasteiger partial charge in [-0.15, -0.1) is 24.0 Å². The Kier molecular flexibility index (Phi) is 7.34. The maximum atomic E-state index is 5.68. The van der Waals surface area contributed by atoms with E-state index in [1.54, 1.807) is 21.3 Å². The van der Waals surface area contributed by atoms with Crippen LogP contribution >= 0.6 is 24.0 Å². The van der Waals surface area contributed by atoms with Crippen LogP contribution in [0.3, 0.4) is 0 Å². The molecule has 6 heteroatoms. The highest BCUT2D eigenvalue weighted by Crippen LogP contribution is 2.51. The average molecular weight is 447 g/mol. The summed E-state index contributed by atoms with van der Waals surface area (Å²) in [5.74, 6) is 1.67. The van der Waals surface area contributed by atoms with Crippen molar-refractivity contribution in [3.8, 4) is 5.75 Å². The second-order valence-corrected chi connectivity index (χ2v) is 6.84. The van der Waals surface area contributed by atoms with E-state index in [4.69, 9.17) is 9.47 Å². The van der Waals surface area contributed by atoms with Gasteiger partial charge in [-0.3, -0.25) is 4.99 Å². The van der Waals surface area contributed by atoms with E-state index in [9.17, 15) is 0 Å². The molecule has 2 atom stereocenters. The SMILES string of the molecule is CN=C(NCc1cccc(OC)c1)NC1CC(C)(OC)C1(C)C.I. The van der Waals surface area contributed by atoms with E-state index in [2.05, 4.69) is 42.5 Å². The van der Waals surface area contributed by atoms with Gasteiger partial charge in [0.1, 0.15) is 5.75 Å². The van der Waals surface area contributed by atoms with Crippen LogP contribution in [0.1, 0.15) is 32.8 Å². The fraction of sp³-hybridized carbons (Fsp3) is 0.611. The summed E-state index contributed by atoms with van der Waals surface area (Å²) in [6.07, 6.45) is 0.969. The molecule has 1 saturated carbocycles. The molecule has 0 aromatic heterocycles. The summed E-state index contributed by atoms with van der Waals surface area (Å²) in [5.41, 5.74) is 1.12. The number of hydrogen-bond acceptors (Lipinski definition) is 3. The Balaban J connectivity index is 0.00000288. The fourth-order valence-corrected chi connectivity index (χ4v) is 3.05. The third kappa shape index (κ3) is 4.14. The predicted molar refractivity (Wildman–Crippen MR) is 109 cm³/mol. The van der Waals surface area contributed by atoms with Crippen molar-refractivity contribution < 1.29 is 9.47 Å². The number of hydrogen-bond donors (Lipinski definition) is 2. The molecule has 1 aromatic rings. The monoisotopic (exact) mass is 447 g/mol. The molecule has 0 amide bonds. The topological polar surface area (TPSA) is 54.9 Å². The summed E-state index contributed by atoms with van der Waals surface area (Å²) in [7, 11) is 5.26. The third-order valence-corrected chi connectivity index (χ3v) is 5.41. The molecule has 0 aliphatic heterocycles. The number of aliphatic imine (C=N–C) groups is 1. The summed E-state index contributed by atoms with van der Waals surface area (Å²) >= 11 is 0. The van der Waals surface area contributed by atoms with Crippen LogP contribution in [0.5, 0.6) is 5.75 Å². The zero-order valence-corrected chi connectivity index (χ0v) is 17.8. The third-order valence-electron chi connectivity index (χ3n) is 5.41. The first-order valence-corrected chi connectivity index (χ1v) is 8.01. The zero-order valence-electron chi connectivity index (χ0n) is 15.5. The van der Waals surface area contributed by atoms with Crippen LogP contribution in [0, 0.1) is 5.41 Å². The number of rotatable bonds is 5. The maximum absolute atomic E-state index is 5.68. The van der Waals surface area contributed by atoms with Gasteiger partial charge >= 0.3 is 0 Å². The highest BCUT2D eigenvalue weighted by Gasteiger charge is 2.58. The Morgan fingerprint density at radius 2 is 2.00 bits per heavy atom. The molecule has 136 valence electrons. The van der Waals surface area contributed by atoms with Crippen molar-refractivity contribution in [3.63, 3.8) is 0 Å². The van der Waals surface area contributed by atoms with Gasteiger partial charge < -0.3 is 20.1 Å². The van der Waals surface area contributed by atoms with Crippen molar-refractivity contribution in [1.82, 2.24) is 10.6 Å². The van der Waals surface area contributed by atoms with E-state index in [1.807, 2.05) is 18.2 Å². The van der Waals surface area contributed by atoms with Crippen LogP contribution in [0.4, 0.5) is 0 Å². The molecular formula is C18H30IN3O2. The highest BCUT2D eigenvalue weighted by molar-refractivity contribution is 14.0. The van der Waals surface area contributed by atoms with Gasteiger partial charge in [-0.2, -0.15) is 0 Å². The number of guanidine groups is 1. The Hall–Kier alpha value is -1.02. The number of nitrogens with one attached hydrogen (secondary N) is 2.